The van der Waals surface area contributed by atoms with E-state index in [1.807, 2.05) is 12.1 Å². The molecule has 82 valence electrons. The van der Waals surface area contributed by atoms with Crippen LogP contribution in [-0.2, 0) is 6.42 Å². The molecule has 15 heavy (non-hydrogen) atoms. The van der Waals surface area contributed by atoms with Gasteiger partial charge in [-0.05, 0) is 24.1 Å². The molecule has 0 spiro atoms. The van der Waals surface area contributed by atoms with E-state index in [0.29, 0.717) is 11.1 Å². The molecule has 1 saturated heterocycles. The van der Waals surface area contributed by atoms with Crippen LogP contribution in [0.15, 0.2) is 18.2 Å². The van der Waals surface area contributed by atoms with Gasteiger partial charge in [-0.1, -0.05) is 29.3 Å². The maximum absolute atomic E-state index is 6.12. The van der Waals surface area contributed by atoms with Crippen molar-refractivity contribution in [3.05, 3.63) is 33.8 Å². The minimum atomic E-state index is 0.470. The summed E-state index contributed by atoms with van der Waals surface area (Å²) >= 11 is 12.0. The Kier molecular flexibility index (Phi) is 3.87. The van der Waals surface area contributed by atoms with Crippen LogP contribution in [0.1, 0.15) is 5.56 Å². The zero-order valence-electron chi connectivity index (χ0n) is 8.39. The molecule has 2 rings (SSSR count). The van der Waals surface area contributed by atoms with Crippen LogP contribution in [0.3, 0.4) is 0 Å². The number of halogens is 2. The molecule has 0 radical (unpaired) electrons. The van der Waals surface area contributed by atoms with Crippen molar-refractivity contribution in [1.29, 1.82) is 0 Å². The highest BCUT2D eigenvalue weighted by Gasteiger charge is 2.13. The highest BCUT2D eigenvalue weighted by molar-refractivity contribution is 6.35. The lowest BCUT2D eigenvalue weighted by atomic mass is 10.0. The lowest BCUT2D eigenvalue weighted by Gasteiger charge is -2.24. The zero-order valence-corrected chi connectivity index (χ0v) is 9.91. The molecule has 0 aliphatic carbocycles. The van der Waals surface area contributed by atoms with Gasteiger partial charge >= 0.3 is 0 Å². The Bertz CT molecular complexity index is 335. The standard InChI is InChI=1S/C11H14Cl2N2/c12-9-2-1-8(11(13)6-9)5-10-7-14-3-4-15-10/h1-2,6,10,14-15H,3-5,7H2/t10-/m0/s1. The predicted octanol–water partition coefficient (Wildman–Crippen LogP) is 2.10. The van der Waals surface area contributed by atoms with E-state index in [-0.39, 0.29) is 0 Å². The first-order chi connectivity index (χ1) is 7.25. The minimum absolute atomic E-state index is 0.470. The summed E-state index contributed by atoms with van der Waals surface area (Å²) in [5.74, 6) is 0. The van der Waals surface area contributed by atoms with Crippen molar-refractivity contribution in [1.82, 2.24) is 10.6 Å². The van der Waals surface area contributed by atoms with Gasteiger partial charge in [-0.15, -0.1) is 0 Å². The van der Waals surface area contributed by atoms with Crippen molar-refractivity contribution >= 4 is 23.2 Å². The SMILES string of the molecule is Clc1ccc(C[C@H]2CNCCN2)c(Cl)c1. The molecule has 1 aromatic rings. The summed E-state index contributed by atoms with van der Waals surface area (Å²) in [5.41, 5.74) is 1.15. The highest BCUT2D eigenvalue weighted by atomic mass is 35.5. The molecule has 4 heteroatoms. The average Bonchev–Trinajstić information content (AvgIpc) is 2.24. The minimum Gasteiger partial charge on any atom is -0.314 e. The first-order valence-electron chi connectivity index (χ1n) is 5.14. The van der Waals surface area contributed by atoms with Crippen molar-refractivity contribution in [3.63, 3.8) is 0 Å². The first-order valence-corrected chi connectivity index (χ1v) is 5.89. The number of piperazine rings is 1. The largest absolute Gasteiger partial charge is 0.314 e. The number of nitrogens with one attached hydrogen (secondary N) is 2. The van der Waals surface area contributed by atoms with E-state index in [4.69, 9.17) is 23.2 Å². The molecule has 0 unspecified atom stereocenters. The highest BCUT2D eigenvalue weighted by Crippen LogP contribution is 2.22. The molecule has 1 aliphatic heterocycles. The summed E-state index contributed by atoms with van der Waals surface area (Å²) in [7, 11) is 0. The lowest BCUT2D eigenvalue weighted by Crippen LogP contribution is -2.49. The molecular formula is C11H14Cl2N2. The summed E-state index contributed by atoms with van der Waals surface area (Å²) in [4.78, 5) is 0. The fourth-order valence-electron chi connectivity index (χ4n) is 1.81. The van der Waals surface area contributed by atoms with Crippen LogP contribution in [0.25, 0.3) is 0 Å². The molecule has 1 aliphatic rings. The second kappa shape index (κ2) is 5.17. The van der Waals surface area contributed by atoms with Crippen LogP contribution in [0.2, 0.25) is 10.0 Å². The molecule has 0 amide bonds. The van der Waals surface area contributed by atoms with Crippen molar-refractivity contribution in [2.75, 3.05) is 19.6 Å². The molecule has 0 aromatic heterocycles. The average molecular weight is 245 g/mol. The summed E-state index contributed by atoms with van der Waals surface area (Å²) < 4.78 is 0. The molecule has 2 nitrogen and oxygen atoms in total. The van der Waals surface area contributed by atoms with Crippen LogP contribution < -0.4 is 10.6 Å². The second-order valence-corrected chi connectivity index (χ2v) is 4.64. The Morgan fingerprint density at radius 2 is 2.13 bits per heavy atom. The van der Waals surface area contributed by atoms with E-state index in [1.165, 1.54) is 0 Å². The van der Waals surface area contributed by atoms with E-state index in [2.05, 4.69) is 10.6 Å². The van der Waals surface area contributed by atoms with Crippen molar-refractivity contribution in [2.24, 2.45) is 0 Å². The van der Waals surface area contributed by atoms with Crippen LogP contribution in [0, 0.1) is 0 Å². The molecule has 0 bridgehead atoms. The fraction of sp³-hybridized carbons (Fsp3) is 0.455. The van der Waals surface area contributed by atoms with E-state index < -0.39 is 0 Å². The fourth-order valence-corrected chi connectivity index (χ4v) is 2.30. The van der Waals surface area contributed by atoms with Gasteiger partial charge in [-0.25, -0.2) is 0 Å². The van der Waals surface area contributed by atoms with Gasteiger partial charge in [0, 0.05) is 35.7 Å². The summed E-state index contributed by atoms with van der Waals surface area (Å²) in [6.07, 6.45) is 0.947. The number of hydrogen-bond donors (Lipinski definition) is 2. The summed E-state index contributed by atoms with van der Waals surface area (Å²) in [5, 5.41) is 8.26. The molecule has 1 atom stereocenters. The quantitative estimate of drug-likeness (QED) is 0.833. The van der Waals surface area contributed by atoms with Crippen LogP contribution in [0.5, 0.6) is 0 Å². The molecule has 1 fully saturated rings. The number of benzene rings is 1. The molecular weight excluding hydrogens is 231 g/mol. The van der Waals surface area contributed by atoms with Crippen molar-refractivity contribution < 1.29 is 0 Å². The van der Waals surface area contributed by atoms with Gasteiger partial charge < -0.3 is 10.6 Å². The molecule has 0 saturated carbocycles. The van der Waals surface area contributed by atoms with Gasteiger partial charge in [0.2, 0.25) is 0 Å². The lowest BCUT2D eigenvalue weighted by molar-refractivity contribution is 0.417. The number of hydrogen-bond acceptors (Lipinski definition) is 2. The van der Waals surface area contributed by atoms with Crippen molar-refractivity contribution in [2.45, 2.75) is 12.5 Å². The zero-order chi connectivity index (χ0) is 10.7. The van der Waals surface area contributed by atoms with Gasteiger partial charge in [0.15, 0.2) is 0 Å². The van der Waals surface area contributed by atoms with Crippen molar-refractivity contribution in [3.8, 4) is 0 Å². The predicted molar refractivity (Wildman–Crippen MR) is 64.8 cm³/mol. The van der Waals surface area contributed by atoms with Gasteiger partial charge in [0.05, 0.1) is 0 Å². The maximum Gasteiger partial charge on any atom is 0.0453 e. The summed E-state index contributed by atoms with van der Waals surface area (Å²) in [6.45, 7) is 3.07. The Hall–Kier alpha value is -0.280. The van der Waals surface area contributed by atoms with E-state index in [0.717, 1.165) is 36.6 Å². The monoisotopic (exact) mass is 244 g/mol. The van der Waals surface area contributed by atoms with E-state index >= 15 is 0 Å². The Balaban J connectivity index is 2.03. The van der Waals surface area contributed by atoms with Gasteiger partial charge in [0.1, 0.15) is 0 Å². The Labute approximate surface area is 100.0 Å². The van der Waals surface area contributed by atoms with Gasteiger partial charge in [-0.2, -0.15) is 0 Å². The molecule has 1 aromatic carbocycles. The smallest absolute Gasteiger partial charge is 0.0453 e. The van der Waals surface area contributed by atoms with E-state index in [1.54, 1.807) is 6.07 Å². The number of rotatable bonds is 2. The molecule has 1 heterocycles. The van der Waals surface area contributed by atoms with Crippen LogP contribution in [0.4, 0.5) is 0 Å². The molecule has 2 N–H and O–H groups in total. The Morgan fingerprint density at radius 3 is 2.80 bits per heavy atom. The normalized spacial score (nSPS) is 21.6. The van der Waals surface area contributed by atoms with Gasteiger partial charge in [0.25, 0.3) is 0 Å². The van der Waals surface area contributed by atoms with Crippen LogP contribution >= 0.6 is 23.2 Å². The maximum atomic E-state index is 6.12. The topological polar surface area (TPSA) is 24.1 Å². The summed E-state index contributed by atoms with van der Waals surface area (Å²) in [6, 6.07) is 6.16. The first kappa shape index (κ1) is 11.2. The van der Waals surface area contributed by atoms with Crippen LogP contribution in [-0.4, -0.2) is 25.7 Å². The second-order valence-electron chi connectivity index (χ2n) is 3.80. The Morgan fingerprint density at radius 1 is 1.27 bits per heavy atom. The van der Waals surface area contributed by atoms with Gasteiger partial charge in [-0.3, -0.25) is 0 Å². The third-order valence-electron chi connectivity index (χ3n) is 2.61. The van der Waals surface area contributed by atoms with E-state index in [9.17, 15) is 0 Å². The third-order valence-corrected chi connectivity index (χ3v) is 3.19. The third kappa shape index (κ3) is 3.08.